The van der Waals surface area contributed by atoms with E-state index in [1.54, 1.807) is 11.1 Å². The number of hydrogen-bond acceptors (Lipinski definition) is 3. The minimum atomic E-state index is 0.482. The average Bonchev–Trinajstić information content (AvgIpc) is 3.95. The van der Waals surface area contributed by atoms with Crippen molar-refractivity contribution in [3.63, 3.8) is 0 Å². The third-order valence-corrected chi connectivity index (χ3v) is 18.2. The molecule has 1 aromatic heterocycles. The number of allylic oxidation sites excluding steroid dienone is 6. The first-order valence-electron chi connectivity index (χ1n) is 23.9. The normalized spacial score (nSPS) is 30.3. The molecule has 0 spiro atoms. The summed E-state index contributed by atoms with van der Waals surface area (Å²) in [5.41, 5.74) is 13.7. The van der Waals surface area contributed by atoms with Gasteiger partial charge in [0.2, 0.25) is 0 Å². The topological polar surface area (TPSA) is 6.48 Å². The van der Waals surface area contributed by atoms with Crippen molar-refractivity contribution in [2.45, 2.75) is 69.7 Å². The molecule has 0 amide bonds. The van der Waals surface area contributed by atoms with E-state index in [9.17, 15) is 0 Å². The van der Waals surface area contributed by atoms with Gasteiger partial charge in [-0.15, -0.1) is 11.3 Å². The van der Waals surface area contributed by atoms with Gasteiger partial charge in [0, 0.05) is 55.6 Å². The van der Waals surface area contributed by atoms with E-state index in [1.807, 2.05) is 11.3 Å². The highest BCUT2D eigenvalue weighted by atomic mass is 32.1. The number of nitrogens with zero attached hydrogens (tertiary/aromatic N) is 2. The molecule has 10 atom stereocenters. The van der Waals surface area contributed by atoms with E-state index in [2.05, 4.69) is 168 Å². The van der Waals surface area contributed by atoms with Crippen LogP contribution >= 0.6 is 11.3 Å². The van der Waals surface area contributed by atoms with E-state index in [4.69, 9.17) is 6.58 Å². The van der Waals surface area contributed by atoms with Crippen molar-refractivity contribution in [2.75, 3.05) is 9.80 Å². The lowest BCUT2D eigenvalue weighted by atomic mass is 9.62. The molecule has 2 nitrogen and oxygen atoms in total. The summed E-state index contributed by atoms with van der Waals surface area (Å²) in [5, 5.41) is 1.41. The summed E-state index contributed by atoms with van der Waals surface area (Å²) in [6.07, 6.45) is 23.9. The molecule has 13 rings (SSSR count). The lowest BCUT2D eigenvalue weighted by molar-refractivity contribution is 0.0898. The molecular weight excluding hydrogens is 769 g/mol. The predicted octanol–water partition coefficient (Wildman–Crippen LogP) is 15.7. The van der Waals surface area contributed by atoms with Crippen LogP contribution in [-0.4, -0.2) is 6.04 Å². The predicted molar refractivity (Wildman–Crippen MR) is 261 cm³/mol. The number of anilines is 4. The monoisotopic (exact) mass is 824 g/mol. The number of rotatable bonds is 6. The van der Waals surface area contributed by atoms with Crippen molar-refractivity contribution in [1.82, 2.24) is 0 Å². The van der Waals surface area contributed by atoms with Gasteiger partial charge in [0.15, 0.2) is 0 Å². The molecule has 0 bridgehead atoms. The number of thiophene rings is 1. The van der Waals surface area contributed by atoms with Crippen LogP contribution < -0.4 is 9.80 Å². The Morgan fingerprint density at radius 2 is 1.37 bits per heavy atom. The van der Waals surface area contributed by atoms with E-state index < -0.39 is 0 Å². The first-order chi connectivity index (χ1) is 30.7. The van der Waals surface area contributed by atoms with Crippen LogP contribution in [0, 0.1) is 47.3 Å². The van der Waals surface area contributed by atoms with Gasteiger partial charge in [0.1, 0.15) is 0 Å². The Morgan fingerprint density at radius 1 is 0.645 bits per heavy atom. The molecule has 0 radical (unpaired) electrons. The van der Waals surface area contributed by atoms with Gasteiger partial charge in [-0.1, -0.05) is 128 Å². The summed E-state index contributed by atoms with van der Waals surface area (Å²) in [5.74, 6) is 6.25. The van der Waals surface area contributed by atoms with Crippen LogP contribution in [0.3, 0.4) is 0 Å². The zero-order valence-electron chi connectivity index (χ0n) is 35.7. The van der Waals surface area contributed by atoms with Gasteiger partial charge in [-0.2, -0.15) is 0 Å². The first-order valence-corrected chi connectivity index (χ1v) is 24.7. The second kappa shape index (κ2) is 14.9. The van der Waals surface area contributed by atoms with Crippen LogP contribution in [0.4, 0.5) is 22.7 Å². The molecule has 7 aliphatic rings. The molecule has 62 heavy (non-hydrogen) atoms. The Hall–Kier alpha value is -5.38. The van der Waals surface area contributed by atoms with Gasteiger partial charge in [0.25, 0.3) is 0 Å². The third-order valence-electron chi connectivity index (χ3n) is 17.1. The Morgan fingerprint density at radius 3 is 2.18 bits per heavy atom. The summed E-state index contributed by atoms with van der Waals surface area (Å²) in [4.78, 5) is 6.73. The summed E-state index contributed by atoms with van der Waals surface area (Å²) in [6, 6.07) is 49.0. The Kier molecular flexibility index (Phi) is 8.92. The fourth-order valence-electron chi connectivity index (χ4n) is 15.0. The minimum absolute atomic E-state index is 0.482. The largest absolute Gasteiger partial charge is 0.342 e. The number of benzene rings is 5. The van der Waals surface area contributed by atoms with Gasteiger partial charge in [-0.05, 0) is 163 Å². The van der Waals surface area contributed by atoms with E-state index >= 15 is 0 Å². The van der Waals surface area contributed by atoms with Gasteiger partial charge in [-0.25, -0.2) is 0 Å². The quantitative estimate of drug-likeness (QED) is 0.165. The van der Waals surface area contributed by atoms with Crippen LogP contribution in [-0.2, 0) is 6.42 Å². The maximum atomic E-state index is 5.16. The Balaban J connectivity index is 0.910. The average molecular weight is 825 g/mol. The maximum Gasteiger partial charge on any atom is 0.0551 e. The molecule has 5 aromatic carbocycles. The maximum absolute atomic E-state index is 5.16. The highest BCUT2D eigenvalue weighted by molar-refractivity contribution is 7.20. The highest BCUT2D eigenvalue weighted by Gasteiger charge is 2.66. The van der Waals surface area contributed by atoms with Crippen LogP contribution in [0.15, 0.2) is 170 Å². The standard InChI is InChI=1S/C59H56N2S/c1-37-54-46-21-10-11-22-47(46)55(40-17-6-3-7-18-40)57-45-20-9-8-19-44(45)48-35-36-51(59(54)58(48)57)60(37)41-31-33-43(34-32-41)61(42-29-27-39(28-30-42)38-15-4-2-5-16-38)50-24-14-26-53-56(50)49-23-12-13-25-52(49)62-53/h2-7,10-11,13-18,22,24-34,44-46,48,51,54-55,57-59H,1,8-9,12,19-21,23,35-36H2. The van der Waals surface area contributed by atoms with Crippen molar-refractivity contribution in [3.05, 3.63) is 186 Å². The fourth-order valence-corrected chi connectivity index (χ4v) is 16.2. The lowest BCUT2D eigenvalue weighted by Gasteiger charge is -2.44. The molecule has 5 fully saturated rings. The second-order valence-electron chi connectivity index (χ2n) is 19.7. The summed E-state index contributed by atoms with van der Waals surface area (Å²) < 4.78 is 1.37. The van der Waals surface area contributed by atoms with Crippen molar-refractivity contribution in [1.29, 1.82) is 0 Å². The van der Waals surface area contributed by atoms with E-state index in [-0.39, 0.29) is 0 Å². The SMILES string of the molecule is C=C1C2C3CC=CC=C3C(c3ccccc3)C3C4CCCCC4C4CCC(C2C43)N1c1ccc(N(c2ccc(-c3ccccc3)cc2)c2cccc3sc4c(c23)CCC=C4)cc1. The van der Waals surface area contributed by atoms with Crippen molar-refractivity contribution >= 4 is 50.2 Å². The molecule has 2 heterocycles. The molecule has 6 aromatic rings. The van der Waals surface area contributed by atoms with Crippen molar-refractivity contribution in [3.8, 4) is 11.1 Å². The molecule has 308 valence electrons. The van der Waals surface area contributed by atoms with Gasteiger partial charge in [-0.3, -0.25) is 0 Å². The van der Waals surface area contributed by atoms with Crippen LogP contribution in [0.5, 0.6) is 0 Å². The number of aryl methyl sites for hydroxylation is 1. The Labute approximate surface area is 372 Å². The fraction of sp³-hybridized carbons (Fsp3) is 0.322. The molecule has 3 heteroatoms. The Bertz CT molecular complexity index is 2760. The van der Waals surface area contributed by atoms with Gasteiger partial charge < -0.3 is 9.80 Å². The lowest BCUT2D eigenvalue weighted by Crippen LogP contribution is -2.44. The minimum Gasteiger partial charge on any atom is -0.342 e. The summed E-state index contributed by atoms with van der Waals surface area (Å²) in [7, 11) is 0. The summed E-state index contributed by atoms with van der Waals surface area (Å²) >= 11 is 1.94. The molecule has 6 aliphatic carbocycles. The molecule has 1 saturated heterocycles. The first kappa shape index (κ1) is 37.2. The third kappa shape index (κ3) is 5.66. The number of fused-ring (bicyclic) bond motifs is 8. The van der Waals surface area contributed by atoms with E-state index in [1.165, 1.54) is 98.6 Å². The van der Waals surface area contributed by atoms with E-state index in [0.717, 1.165) is 48.9 Å². The van der Waals surface area contributed by atoms with Crippen LogP contribution in [0.25, 0.3) is 27.3 Å². The van der Waals surface area contributed by atoms with Crippen LogP contribution in [0.2, 0.25) is 0 Å². The zero-order chi connectivity index (χ0) is 40.9. The molecule has 10 unspecified atom stereocenters. The van der Waals surface area contributed by atoms with Gasteiger partial charge >= 0.3 is 0 Å². The van der Waals surface area contributed by atoms with Crippen LogP contribution in [0.1, 0.15) is 73.3 Å². The summed E-state index contributed by atoms with van der Waals surface area (Å²) in [6.45, 7) is 5.16. The molecular formula is C59H56N2S. The number of hydrogen-bond donors (Lipinski definition) is 0. The van der Waals surface area contributed by atoms with Gasteiger partial charge in [0.05, 0.1) is 5.69 Å². The molecule has 0 N–H and O–H groups in total. The smallest absolute Gasteiger partial charge is 0.0551 e. The second-order valence-corrected chi connectivity index (χ2v) is 20.7. The van der Waals surface area contributed by atoms with E-state index in [0.29, 0.717) is 29.7 Å². The van der Waals surface area contributed by atoms with Crippen molar-refractivity contribution < 1.29 is 0 Å². The molecule has 4 saturated carbocycles. The van der Waals surface area contributed by atoms with Crippen molar-refractivity contribution in [2.24, 2.45) is 47.3 Å². The highest BCUT2D eigenvalue weighted by Crippen LogP contribution is 2.71. The zero-order valence-corrected chi connectivity index (χ0v) is 36.5. The molecule has 1 aliphatic heterocycles.